The van der Waals surface area contributed by atoms with Crippen LogP contribution in [0.1, 0.15) is 49.2 Å². The van der Waals surface area contributed by atoms with Crippen molar-refractivity contribution in [1.82, 2.24) is 24.3 Å². The summed E-state index contributed by atoms with van der Waals surface area (Å²) in [5.74, 6) is 2.42. The monoisotopic (exact) mass is 668 g/mol. The van der Waals surface area contributed by atoms with Crippen LogP contribution in [0.2, 0.25) is 0 Å². The van der Waals surface area contributed by atoms with E-state index in [1.54, 1.807) is 39.5 Å². The number of methoxy groups -OCH3 is 3. The number of allylic oxidation sites excluding steroid dienone is 2. The molecule has 4 heterocycles. The number of amides is 1. The van der Waals surface area contributed by atoms with Crippen LogP contribution in [0.5, 0.6) is 23.0 Å². The lowest BCUT2D eigenvalue weighted by molar-refractivity contribution is 0.0779. The average molecular weight is 669 g/mol. The zero-order valence-electron chi connectivity index (χ0n) is 29.3. The summed E-state index contributed by atoms with van der Waals surface area (Å²) in [5.41, 5.74) is 4.09. The van der Waals surface area contributed by atoms with Crippen LogP contribution in [0.3, 0.4) is 0 Å². The Morgan fingerprint density at radius 2 is 1.76 bits per heavy atom. The van der Waals surface area contributed by atoms with Gasteiger partial charge in [-0.3, -0.25) is 9.78 Å². The minimum absolute atomic E-state index is 0.0653. The molecule has 0 saturated carbocycles. The first-order chi connectivity index (χ1) is 23.8. The molecular weight excluding hydrogens is 620 g/mol. The Bertz CT molecular complexity index is 1780. The lowest BCUT2D eigenvalue weighted by Gasteiger charge is -2.32. The average Bonchev–Trinajstić information content (AvgIpc) is 3.65. The standard InChI is InChI=1S/C38H48N6O5/c1-27(2)13-19-44-29-10-8-11-30(45)34(29)40-37(44)42-18-9-17-41(22-23-42)20-14-38(33-12-6-7-16-39-33)15-21-43(26-38)36(46)28-24-31(47-3)35(49-5)32(25-28)48-4/h6-8,10-13,16,24-25,45H,9,14-15,17-23,26H2,1-5H3. The van der Waals surface area contributed by atoms with Crippen molar-refractivity contribution in [2.24, 2.45) is 0 Å². The second-order valence-electron chi connectivity index (χ2n) is 13.3. The maximum Gasteiger partial charge on any atom is 0.254 e. The van der Waals surface area contributed by atoms with E-state index in [0.29, 0.717) is 48.0 Å². The minimum atomic E-state index is -0.264. The Kier molecular flexibility index (Phi) is 10.3. The number of ether oxygens (including phenoxy) is 3. The van der Waals surface area contributed by atoms with Gasteiger partial charge in [-0.05, 0) is 82.6 Å². The number of aromatic hydroxyl groups is 1. The van der Waals surface area contributed by atoms with Crippen molar-refractivity contribution in [3.8, 4) is 23.0 Å². The molecule has 0 aliphatic carbocycles. The molecule has 0 spiro atoms. The predicted molar refractivity (Wildman–Crippen MR) is 191 cm³/mol. The molecule has 2 aromatic carbocycles. The quantitative estimate of drug-likeness (QED) is 0.207. The molecule has 1 unspecified atom stereocenters. The summed E-state index contributed by atoms with van der Waals surface area (Å²) in [7, 11) is 4.67. The molecule has 2 saturated heterocycles. The molecule has 11 nitrogen and oxygen atoms in total. The number of likely N-dealkylation sites (tertiary alicyclic amines) is 1. The SMILES string of the molecule is COc1cc(C(=O)N2CCC(CCN3CCCN(c4nc5c(O)cccc5n4CC=C(C)C)CC3)(c3ccccn3)C2)cc(OC)c1OC. The molecule has 11 heteroatoms. The normalized spacial score (nSPS) is 18.4. The largest absolute Gasteiger partial charge is 0.506 e. The third kappa shape index (κ3) is 7.03. The number of nitrogens with zero attached hydrogens (tertiary/aromatic N) is 6. The highest BCUT2D eigenvalue weighted by Crippen LogP contribution is 2.41. The lowest BCUT2D eigenvalue weighted by atomic mass is 9.79. The number of carbonyl (C=O) groups is 1. The minimum Gasteiger partial charge on any atom is -0.506 e. The number of rotatable bonds is 11. The Hall–Kier alpha value is -4.77. The molecule has 0 radical (unpaired) electrons. The van der Waals surface area contributed by atoms with Crippen molar-refractivity contribution in [1.29, 1.82) is 0 Å². The van der Waals surface area contributed by atoms with Crippen molar-refractivity contribution in [2.75, 3.05) is 72.0 Å². The van der Waals surface area contributed by atoms with Gasteiger partial charge in [0.05, 0.1) is 26.8 Å². The van der Waals surface area contributed by atoms with Gasteiger partial charge in [0.25, 0.3) is 5.91 Å². The van der Waals surface area contributed by atoms with Crippen molar-refractivity contribution in [3.05, 3.63) is 77.6 Å². The molecular formula is C38H48N6O5. The van der Waals surface area contributed by atoms with Gasteiger partial charge < -0.3 is 38.6 Å². The summed E-state index contributed by atoms with van der Waals surface area (Å²) < 4.78 is 18.7. The number of phenols is 1. The summed E-state index contributed by atoms with van der Waals surface area (Å²) in [6, 6.07) is 15.1. The van der Waals surface area contributed by atoms with Crippen molar-refractivity contribution in [3.63, 3.8) is 0 Å². The molecule has 2 fully saturated rings. The topological polar surface area (TPSA) is 105 Å². The molecule has 2 aromatic heterocycles. The van der Waals surface area contributed by atoms with Gasteiger partial charge in [0.1, 0.15) is 11.3 Å². The second-order valence-corrected chi connectivity index (χ2v) is 13.3. The number of carbonyl (C=O) groups excluding carboxylic acids is 1. The van der Waals surface area contributed by atoms with Crippen LogP contribution >= 0.6 is 0 Å². The molecule has 2 aliphatic heterocycles. The Labute approximate surface area is 288 Å². The summed E-state index contributed by atoms with van der Waals surface area (Å²) in [6.45, 7) is 10.6. The zero-order chi connectivity index (χ0) is 34.5. The van der Waals surface area contributed by atoms with E-state index in [1.165, 1.54) is 5.57 Å². The Morgan fingerprint density at radius 1 is 0.959 bits per heavy atom. The van der Waals surface area contributed by atoms with Crippen LogP contribution in [-0.2, 0) is 12.0 Å². The highest BCUT2D eigenvalue weighted by molar-refractivity contribution is 5.96. The first-order valence-electron chi connectivity index (χ1n) is 17.1. The van der Waals surface area contributed by atoms with E-state index in [9.17, 15) is 9.90 Å². The number of benzene rings is 2. The molecule has 4 aromatic rings. The van der Waals surface area contributed by atoms with Gasteiger partial charge in [-0.1, -0.05) is 23.8 Å². The van der Waals surface area contributed by atoms with Gasteiger partial charge >= 0.3 is 0 Å². The number of anilines is 1. The predicted octanol–water partition coefficient (Wildman–Crippen LogP) is 5.52. The first-order valence-corrected chi connectivity index (χ1v) is 17.1. The first kappa shape index (κ1) is 34.1. The van der Waals surface area contributed by atoms with Crippen LogP contribution in [0.25, 0.3) is 11.0 Å². The molecule has 1 amide bonds. The maximum absolute atomic E-state index is 13.9. The summed E-state index contributed by atoms with van der Waals surface area (Å²) in [4.78, 5) is 30.5. The maximum atomic E-state index is 13.9. The number of hydrogen-bond acceptors (Lipinski definition) is 9. The zero-order valence-corrected chi connectivity index (χ0v) is 29.3. The molecule has 1 N–H and O–H groups in total. The molecule has 2 aliphatic rings. The third-order valence-electron chi connectivity index (χ3n) is 9.96. The van der Waals surface area contributed by atoms with Crippen LogP contribution in [0.15, 0.2) is 66.4 Å². The van der Waals surface area contributed by atoms with Crippen molar-refractivity contribution >= 4 is 22.9 Å². The fraction of sp³-hybridized carbons (Fsp3) is 0.447. The van der Waals surface area contributed by atoms with E-state index in [-0.39, 0.29) is 17.1 Å². The number of pyridine rings is 1. The fourth-order valence-corrected chi connectivity index (χ4v) is 7.23. The van der Waals surface area contributed by atoms with E-state index >= 15 is 0 Å². The van der Waals surface area contributed by atoms with E-state index in [1.807, 2.05) is 35.4 Å². The number of fused-ring (bicyclic) bond motifs is 1. The molecule has 260 valence electrons. The smallest absolute Gasteiger partial charge is 0.254 e. The van der Waals surface area contributed by atoms with Gasteiger partial charge in [0.15, 0.2) is 11.5 Å². The highest BCUT2D eigenvalue weighted by atomic mass is 16.5. The van der Waals surface area contributed by atoms with E-state index < -0.39 is 0 Å². The summed E-state index contributed by atoms with van der Waals surface area (Å²) in [5, 5.41) is 10.6. The van der Waals surface area contributed by atoms with Crippen molar-refractivity contribution < 1.29 is 24.1 Å². The van der Waals surface area contributed by atoms with Gasteiger partial charge in [-0.15, -0.1) is 0 Å². The molecule has 1 atom stereocenters. The van der Waals surface area contributed by atoms with E-state index in [2.05, 4.69) is 40.4 Å². The molecule has 0 bridgehead atoms. The third-order valence-corrected chi connectivity index (χ3v) is 9.96. The Balaban J connectivity index is 1.18. The lowest BCUT2D eigenvalue weighted by Crippen LogP contribution is -2.39. The van der Waals surface area contributed by atoms with E-state index in [0.717, 1.165) is 69.1 Å². The van der Waals surface area contributed by atoms with Gasteiger partial charge in [0, 0.05) is 62.1 Å². The number of hydrogen-bond donors (Lipinski definition) is 1. The number of imidazole rings is 1. The van der Waals surface area contributed by atoms with Gasteiger partial charge in [-0.25, -0.2) is 4.98 Å². The second kappa shape index (κ2) is 14.8. The highest BCUT2D eigenvalue weighted by Gasteiger charge is 2.43. The van der Waals surface area contributed by atoms with Crippen LogP contribution in [-0.4, -0.2) is 102 Å². The van der Waals surface area contributed by atoms with E-state index in [4.69, 9.17) is 24.2 Å². The van der Waals surface area contributed by atoms with Crippen molar-refractivity contribution in [2.45, 2.75) is 45.1 Å². The van der Waals surface area contributed by atoms with Gasteiger partial charge in [0.2, 0.25) is 11.7 Å². The van der Waals surface area contributed by atoms with Crippen LogP contribution < -0.4 is 19.1 Å². The van der Waals surface area contributed by atoms with Gasteiger partial charge in [-0.2, -0.15) is 0 Å². The number of phenolic OH excluding ortho intramolecular Hbond substituents is 1. The Morgan fingerprint density at radius 3 is 2.45 bits per heavy atom. The fourth-order valence-electron chi connectivity index (χ4n) is 7.23. The van der Waals surface area contributed by atoms with Crippen LogP contribution in [0.4, 0.5) is 5.95 Å². The van der Waals surface area contributed by atoms with Crippen LogP contribution in [0, 0.1) is 0 Å². The molecule has 49 heavy (non-hydrogen) atoms. The number of aromatic nitrogens is 3. The summed E-state index contributed by atoms with van der Waals surface area (Å²) >= 11 is 0. The number of para-hydroxylation sites is 1. The summed E-state index contributed by atoms with van der Waals surface area (Å²) in [6.07, 6.45) is 6.77. The molecule has 6 rings (SSSR count).